The Hall–Kier alpha value is -1.75. The predicted molar refractivity (Wildman–Crippen MR) is 78.4 cm³/mol. The Morgan fingerprint density at radius 2 is 2.00 bits per heavy atom. The summed E-state index contributed by atoms with van der Waals surface area (Å²) in [6.45, 7) is 6.21. The summed E-state index contributed by atoms with van der Waals surface area (Å²) in [5.74, 6) is 0.0998. The Morgan fingerprint density at radius 1 is 1.30 bits per heavy atom. The summed E-state index contributed by atoms with van der Waals surface area (Å²) in [6, 6.07) is 4.98. The fraction of sp³-hybridized carbons (Fsp3) is 0.267. The lowest BCUT2D eigenvalue weighted by atomic mass is 10.1. The maximum atomic E-state index is 10.7. The minimum absolute atomic E-state index is 0.0801. The van der Waals surface area contributed by atoms with Gasteiger partial charge in [-0.25, -0.2) is 4.79 Å². The maximum absolute atomic E-state index is 10.7. The van der Waals surface area contributed by atoms with Gasteiger partial charge in [0.25, 0.3) is 0 Å². The van der Waals surface area contributed by atoms with Crippen molar-refractivity contribution >= 4 is 21.9 Å². The molecule has 106 valence electrons. The lowest BCUT2D eigenvalue weighted by Crippen LogP contribution is -1.99. The zero-order chi connectivity index (χ0) is 14.9. The minimum Gasteiger partial charge on any atom is -0.485 e. The number of rotatable bonds is 4. The molecule has 1 aromatic heterocycles. The van der Waals surface area contributed by atoms with Crippen LogP contribution in [-0.2, 0) is 6.61 Å². The Kier molecular flexibility index (Phi) is 4.18. The van der Waals surface area contributed by atoms with Crippen LogP contribution in [0.3, 0.4) is 0 Å². The molecule has 2 aromatic rings. The third-order valence-corrected chi connectivity index (χ3v) is 4.42. The highest BCUT2D eigenvalue weighted by Crippen LogP contribution is 2.31. The molecule has 0 aliphatic heterocycles. The lowest BCUT2D eigenvalue weighted by Gasteiger charge is -2.13. The van der Waals surface area contributed by atoms with Crippen molar-refractivity contribution in [1.82, 2.24) is 0 Å². The fourth-order valence-corrected chi connectivity index (χ4v) is 2.29. The van der Waals surface area contributed by atoms with Gasteiger partial charge >= 0.3 is 5.97 Å². The number of carbonyl (C=O) groups is 1. The summed E-state index contributed by atoms with van der Waals surface area (Å²) in [5, 5.41) is 8.79. The molecule has 5 heteroatoms. The molecule has 0 bridgehead atoms. The molecular formula is C15H15BrO4. The number of aryl methyl sites for hydroxylation is 1. The summed E-state index contributed by atoms with van der Waals surface area (Å²) < 4.78 is 12.0. The predicted octanol–water partition coefficient (Wildman–Crippen LogP) is 4.24. The first-order chi connectivity index (χ1) is 9.40. The number of carboxylic acids is 1. The molecule has 2 rings (SSSR count). The molecule has 20 heavy (non-hydrogen) atoms. The molecule has 1 N–H and O–H groups in total. The van der Waals surface area contributed by atoms with Gasteiger partial charge < -0.3 is 14.3 Å². The molecule has 0 amide bonds. The van der Waals surface area contributed by atoms with Crippen molar-refractivity contribution in [2.75, 3.05) is 0 Å². The lowest BCUT2D eigenvalue weighted by molar-refractivity contribution is 0.0658. The molecule has 1 heterocycles. The first-order valence-corrected chi connectivity index (χ1v) is 6.90. The Bertz CT molecular complexity index is 658. The molecular weight excluding hydrogens is 324 g/mol. The van der Waals surface area contributed by atoms with Crippen LogP contribution in [-0.4, -0.2) is 11.1 Å². The summed E-state index contributed by atoms with van der Waals surface area (Å²) >= 11 is 3.54. The van der Waals surface area contributed by atoms with Gasteiger partial charge in [-0.15, -0.1) is 0 Å². The van der Waals surface area contributed by atoms with Gasteiger partial charge in [-0.1, -0.05) is 15.9 Å². The van der Waals surface area contributed by atoms with Crippen LogP contribution in [0.2, 0.25) is 0 Å². The van der Waals surface area contributed by atoms with E-state index in [0.29, 0.717) is 5.76 Å². The van der Waals surface area contributed by atoms with Gasteiger partial charge in [0.2, 0.25) is 5.76 Å². The van der Waals surface area contributed by atoms with Crippen LogP contribution in [0.4, 0.5) is 0 Å². The average Bonchev–Trinajstić information content (AvgIpc) is 2.88. The average molecular weight is 339 g/mol. The van der Waals surface area contributed by atoms with E-state index in [1.807, 2.05) is 26.8 Å². The van der Waals surface area contributed by atoms with E-state index in [-0.39, 0.29) is 12.4 Å². The van der Waals surface area contributed by atoms with E-state index in [4.69, 9.17) is 14.3 Å². The zero-order valence-corrected chi connectivity index (χ0v) is 13.1. The van der Waals surface area contributed by atoms with Gasteiger partial charge in [-0.05, 0) is 55.7 Å². The van der Waals surface area contributed by atoms with Crippen LogP contribution >= 0.6 is 15.9 Å². The highest BCUT2D eigenvalue weighted by atomic mass is 79.9. The minimum atomic E-state index is -1.08. The maximum Gasteiger partial charge on any atom is 0.371 e. The summed E-state index contributed by atoms with van der Waals surface area (Å²) in [5.41, 5.74) is 3.27. The number of halogens is 1. The molecule has 0 aliphatic carbocycles. The van der Waals surface area contributed by atoms with Gasteiger partial charge in [0.1, 0.15) is 18.1 Å². The molecule has 4 nitrogen and oxygen atoms in total. The first kappa shape index (κ1) is 14.7. The highest BCUT2D eigenvalue weighted by Gasteiger charge is 2.12. The van der Waals surface area contributed by atoms with E-state index in [0.717, 1.165) is 26.9 Å². The number of hydrogen-bond acceptors (Lipinski definition) is 3. The molecule has 0 unspecified atom stereocenters. The second kappa shape index (κ2) is 5.71. The number of aromatic carboxylic acids is 1. The number of benzene rings is 1. The number of hydrogen-bond donors (Lipinski definition) is 1. The summed E-state index contributed by atoms with van der Waals surface area (Å²) in [4.78, 5) is 10.7. The number of ether oxygens (including phenoxy) is 1. The van der Waals surface area contributed by atoms with E-state index in [2.05, 4.69) is 15.9 Å². The van der Waals surface area contributed by atoms with Crippen LogP contribution in [0.15, 0.2) is 27.1 Å². The van der Waals surface area contributed by atoms with Crippen molar-refractivity contribution in [2.45, 2.75) is 27.4 Å². The highest BCUT2D eigenvalue weighted by molar-refractivity contribution is 9.10. The van der Waals surface area contributed by atoms with Gasteiger partial charge in [-0.2, -0.15) is 0 Å². The first-order valence-electron chi connectivity index (χ1n) is 6.11. The van der Waals surface area contributed by atoms with Crippen LogP contribution < -0.4 is 4.74 Å². The SMILES string of the molecule is Cc1cc(OCc2ccc(C(=O)O)o2)c(C)c(C)c1Br. The van der Waals surface area contributed by atoms with Crippen LogP contribution in [0.25, 0.3) is 0 Å². The third kappa shape index (κ3) is 2.88. The van der Waals surface area contributed by atoms with Crippen molar-refractivity contribution in [1.29, 1.82) is 0 Å². The Balaban J connectivity index is 2.16. The molecule has 0 saturated heterocycles. The molecule has 0 aliphatic rings. The van der Waals surface area contributed by atoms with Crippen molar-refractivity contribution < 1.29 is 19.1 Å². The van der Waals surface area contributed by atoms with Gasteiger partial charge in [0.05, 0.1) is 0 Å². The zero-order valence-electron chi connectivity index (χ0n) is 11.5. The van der Waals surface area contributed by atoms with Gasteiger partial charge in [0.15, 0.2) is 0 Å². The van der Waals surface area contributed by atoms with E-state index in [1.54, 1.807) is 6.07 Å². The summed E-state index contributed by atoms with van der Waals surface area (Å²) in [7, 11) is 0. The van der Waals surface area contributed by atoms with Crippen molar-refractivity contribution in [3.8, 4) is 5.75 Å². The molecule has 0 atom stereocenters. The second-order valence-electron chi connectivity index (χ2n) is 4.62. The fourth-order valence-electron chi connectivity index (χ4n) is 1.88. The molecule has 1 aromatic carbocycles. The Labute approximate surface area is 125 Å². The summed E-state index contributed by atoms with van der Waals surface area (Å²) in [6.07, 6.45) is 0. The van der Waals surface area contributed by atoms with Crippen molar-refractivity contribution in [3.63, 3.8) is 0 Å². The van der Waals surface area contributed by atoms with E-state index in [1.165, 1.54) is 6.07 Å². The van der Waals surface area contributed by atoms with Crippen LogP contribution in [0.1, 0.15) is 33.0 Å². The standard InChI is InChI=1S/C15H15BrO4/c1-8-6-13(9(2)10(3)14(8)16)19-7-11-4-5-12(20-11)15(17)18/h4-6H,7H2,1-3H3,(H,17,18). The topological polar surface area (TPSA) is 59.7 Å². The van der Waals surface area contributed by atoms with E-state index < -0.39 is 5.97 Å². The van der Waals surface area contributed by atoms with Crippen LogP contribution in [0.5, 0.6) is 5.75 Å². The smallest absolute Gasteiger partial charge is 0.371 e. The van der Waals surface area contributed by atoms with Crippen molar-refractivity contribution in [2.24, 2.45) is 0 Å². The molecule has 0 radical (unpaired) electrons. The van der Waals surface area contributed by atoms with E-state index >= 15 is 0 Å². The molecule has 0 spiro atoms. The second-order valence-corrected chi connectivity index (χ2v) is 5.41. The normalized spacial score (nSPS) is 10.6. The monoisotopic (exact) mass is 338 g/mol. The Morgan fingerprint density at radius 3 is 2.60 bits per heavy atom. The van der Waals surface area contributed by atoms with Crippen LogP contribution in [0, 0.1) is 20.8 Å². The van der Waals surface area contributed by atoms with Gasteiger partial charge in [-0.3, -0.25) is 0 Å². The van der Waals surface area contributed by atoms with Crippen molar-refractivity contribution in [3.05, 3.63) is 50.9 Å². The third-order valence-electron chi connectivity index (χ3n) is 3.20. The number of carboxylic acid groups (broad SMARTS) is 1. The molecule has 0 fully saturated rings. The largest absolute Gasteiger partial charge is 0.485 e. The number of furan rings is 1. The molecule has 0 saturated carbocycles. The quantitative estimate of drug-likeness (QED) is 0.905. The van der Waals surface area contributed by atoms with E-state index in [9.17, 15) is 4.79 Å². The van der Waals surface area contributed by atoms with Gasteiger partial charge in [0, 0.05) is 4.47 Å².